The quantitative estimate of drug-likeness (QED) is 0.574. The first-order valence-electron chi connectivity index (χ1n) is 9.94. The zero-order chi connectivity index (χ0) is 21.1. The number of benzene rings is 2. The van der Waals surface area contributed by atoms with Crippen molar-refractivity contribution in [2.75, 3.05) is 13.7 Å². The molecule has 1 atom stereocenters. The van der Waals surface area contributed by atoms with Crippen LogP contribution in [-0.4, -0.2) is 33.8 Å². The van der Waals surface area contributed by atoms with Crippen molar-refractivity contribution in [1.29, 1.82) is 0 Å². The molecule has 3 aromatic rings. The van der Waals surface area contributed by atoms with E-state index in [0.717, 1.165) is 41.1 Å². The summed E-state index contributed by atoms with van der Waals surface area (Å²) in [6.07, 6.45) is 0.971. The molecule has 7 heteroatoms. The van der Waals surface area contributed by atoms with Gasteiger partial charge >= 0.3 is 0 Å². The summed E-state index contributed by atoms with van der Waals surface area (Å²) in [6, 6.07) is 17.5. The molecule has 1 aromatic heterocycles. The maximum absolute atomic E-state index is 5.73. The minimum Gasteiger partial charge on any atom is -0.497 e. The van der Waals surface area contributed by atoms with Gasteiger partial charge in [0, 0.05) is 17.8 Å². The standard InChI is InChI=1S/C23H24N4O2S/c1-4-14-27-15(2)19(22-25-21(26-29-22)17-8-6-5-7-9-17)20(24-23(27)30)16-10-12-18(28-3)13-11-16/h5-13,20H,4,14H2,1-3H3,(H,24,30). The summed E-state index contributed by atoms with van der Waals surface area (Å²) in [4.78, 5) is 6.81. The predicted octanol–water partition coefficient (Wildman–Crippen LogP) is 4.82. The second kappa shape index (κ2) is 8.67. The Hall–Kier alpha value is -3.19. The van der Waals surface area contributed by atoms with Crippen LogP contribution in [-0.2, 0) is 0 Å². The number of rotatable bonds is 6. The van der Waals surface area contributed by atoms with Crippen molar-refractivity contribution in [3.8, 4) is 17.1 Å². The summed E-state index contributed by atoms with van der Waals surface area (Å²) in [5.74, 6) is 1.86. The van der Waals surface area contributed by atoms with E-state index in [9.17, 15) is 0 Å². The first-order valence-corrected chi connectivity index (χ1v) is 10.4. The molecule has 1 N–H and O–H groups in total. The molecule has 0 bridgehead atoms. The number of nitrogens with one attached hydrogen (secondary N) is 1. The number of aromatic nitrogens is 2. The van der Waals surface area contributed by atoms with Gasteiger partial charge in [0.15, 0.2) is 5.11 Å². The second-order valence-electron chi connectivity index (χ2n) is 7.10. The van der Waals surface area contributed by atoms with Crippen LogP contribution in [0.15, 0.2) is 64.8 Å². The van der Waals surface area contributed by atoms with Gasteiger partial charge < -0.3 is 19.5 Å². The monoisotopic (exact) mass is 420 g/mol. The molecule has 0 amide bonds. The number of nitrogens with zero attached hydrogens (tertiary/aromatic N) is 3. The molecule has 1 aliphatic rings. The van der Waals surface area contributed by atoms with Crippen LogP contribution < -0.4 is 10.1 Å². The largest absolute Gasteiger partial charge is 0.497 e. The third kappa shape index (κ3) is 3.80. The van der Waals surface area contributed by atoms with Gasteiger partial charge in [-0.3, -0.25) is 0 Å². The molecule has 30 heavy (non-hydrogen) atoms. The summed E-state index contributed by atoms with van der Waals surface area (Å²) in [5.41, 5.74) is 3.90. The van der Waals surface area contributed by atoms with E-state index >= 15 is 0 Å². The minimum atomic E-state index is -0.194. The molecular weight excluding hydrogens is 396 g/mol. The smallest absolute Gasteiger partial charge is 0.258 e. The number of hydrogen-bond donors (Lipinski definition) is 1. The fourth-order valence-electron chi connectivity index (χ4n) is 3.63. The van der Waals surface area contributed by atoms with Crippen molar-refractivity contribution >= 4 is 22.9 Å². The molecule has 0 spiro atoms. The number of allylic oxidation sites excluding steroid dienone is 1. The van der Waals surface area contributed by atoms with Gasteiger partial charge in [-0.15, -0.1) is 0 Å². The Morgan fingerprint density at radius 3 is 2.53 bits per heavy atom. The Balaban J connectivity index is 1.80. The summed E-state index contributed by atoms with van der Waals surface area (Å²) < 4.78 is 11.0. The Bertz CT molecular complexity index is 1060. The maximum Gasteiger partial charge on any atom is 0.258 e. The first kappa shape index (κ1) is 20.1. The van der Waals surface area contributed by atoms with E-state index in [1.165, 1.54) is 0 Å². The highest BCUT2D eigenvalue weighted by Crippen LogP contribution is 2.37. The molecule has 1 unspecified atom stereocenters. The molecule has 4 rings (SSSR count). The van der Waals surface area contributed by atoms with Crippen LogP contribution >= 0.6 is 12.2 Å². The Morgan fingerprint density at radius 2 is 1.87 bits per heavy atom. The normalized spacial score (nSPS) is 16.6. The van der Waals surface area contributed by atoms with Gasteiger partial charge in [0.2, 0.25) is 5.82 Å². The SMILES string of the molecule is CCCN1C(=S)NC(c2ccc(OC)cc2)C(c2nc(-c3ccccc3)no2)=C1C. The maximum atomic E-state index is 5.73. The highest BCUT2D eigenvalue weighted by Gasteiger charge is 2.33. The van der Waals surface area contributed by atoms with Gasteiger partial charge in [-0.2, -0.15) is 4.98 Å². The van der Waals surface area contributed by atoms with E-state index in [-0.39, 0.29) is 6.04 Å². The highest BCUT2D eigenvalue weighted by atomic mass is 32.1. The Morgan fingerprint density at radius 1 is 1.13 bits per heavy atom. The van der Waals surface area contributed by atoms with Crippen LogP contribution in [0.2, 0.25) is 0 Å². The zero-order valence-electron chi connectivity index (χ0n) is 17.3. The van der Waals surface area contributed by atoms with Gasteiger partial charge in [-0.1, -0.05) is 54.5 Å². The summed E-state index contributed by atoms with van der Waals surface area (Å²) in [6.45, 7) is 5.00. The second-order valence-corrected chi connectivity index (χ2v) is 7.48. The number of thiocarbonyl (C=S) groups is 1. The number of hydrogen-bond acceptors (Lipinski definition) is 5. The average molecular weight is 421 g/mol. The molecule has 0 saturated heterocycles. The van der Waals surface area contributed by atoms with E-state index in [4.69, 9.17) is 26.5 Å². The van der Waals surface area contributed by atoms with E-state index in [0.29, 0.717) is 16.8 Å². The topological polar surface area (TPSA) is 63.4 Å². The van der Waals surface area contributed by atoms with Gasteiger partial charge in [0.25, 0.3) is 5.89 Å². The average Bonchev–Trinajstić information content (AvgIpc) is 3.26. The molecule has 0 saturated carbocycles. The predicted molar refractivity (Wildman–Crippen MR) is 121 cm³/mol. The Labute approximate surface area is 181 Å². The van der Waals surface area contributed by atoms with Crippen LogP contribution in [0.3, 0.4) is 0 Å². The lowest BCUT2D eigenvalue weighted by Gasteiger charge is -2.37. The van der Waals surface area contributed by atoms with Crippen molar-refractivity contribution in [3.05, 3.63) is 71.7 Å². The fraction of sp³-hybridized carbons (Fsp3) is 0.261. The van der Waals surface area contributed by atoms with Crippen LogP contribution in [0.4, 0.5) is 0 Å². The first-order chi connectivity index (χ1) is 14.6. The third-order valence-electron chi connectivity index (χ3n) is 5.18. The van der Waals surface area contributed by atoms with Crippen LogP contribution in [0.5, 0.6) is 5.75 Å². The van der Waals surface area contributed by atoms with Gasteiger partial charge in [-0.05, 0) is 43.3 Å². The zero-order valence-corrected chi connectivity index (χ0v) is 18.1. The molecule has 6 nitrogen and oxygen atoms in total. The van der Waals surface area contributed by atoms with Gasteiger partial charge in [0.05, 0.1) is 18.7 Å². The minimum absolute atomic E-state index is 0.194. The van der Waals surface area contributed by atoms with Gasteiger partial charge in [-0.25, -0.2) is 0 Å². The molecular formula is C23H24N4O2S. The number of methoxy groups -OCH3 is 1. The van der Waals surface area contributed by atoms with Crippen molar-refractivity contribution in [2.24, 2.45) is 0 Å². The lowest BCUT2D eigenvalue weighted by Crippen LogP contribution is -2.46. The number of ether oxygens (including phenoxy) is 1. The van der Waals surface area contributed by atoms with Crippen LogP contribution in [0.1, 0.15) is 37.8 Å². The fourth-order valence-corrected chi connectivity index (χ4v) is 3.98. The van der Waals surface area contributed by atoms with Crippen molar-refractivity contribution in [1.82, 2.24) is 20.4 Å². The van der Waals surface area contributed by atoms with E-state index in [1.54, 1.807) is 7.11 Å². The van der Waals surface area contributed by atoms with Crippen LogP contribution in [0.25, 0.3) is 17.0 Å². The highest BCUT2D eigenvalue weighted by molar-refractivity contribution is 7.80. The van der Waals surface area contributed by atoms with Crippen LogP contribution in [0, 0.1) is 0 Å². The molecule has 0 radical (unpaired) electrons. The van der Waals surface area contributed by atoms with Crippen molar-refractivity contribution < 1.29 is 9.26 Å². The van der Waals surface area contributed by atoms with Crippen molar-refractivity contribution in [3.63, 3.8) is 0 Å². The van der Waals surface area contributed by atoms with E-state index in [2.05, 4.69) is 29.2 Å². The third-order valence-corrected chi connectivity index (χ3v) is 5.52. The molecule has 1 aliphatic heterocycles. The molecule has 2 aromatic carbocycles. The summed E-state index contributed by atoms with van der Waals surface area (Å²) >= 11 is 5.67. The summed E-state index contributed by atoms with van der Waals surface area (Å²) in [5, 5.41) is 8.38. The molecule has 154 valence electrons. The Kier molecular flexibility index (Phi) is 5.81. The summed E-state index contributed by atoms with van der Waals surface area (Å²) in [7, 11) is 1.66. The van der Waals surface area contributed by atoms with E-state index < -0.39 is 0 Å². The van der Waals surface area contributed by atoms with Crippen molar-refractivity contribution in [2.45, 2.75) is 26.3 Å². The molecule has 0 aliphatic carbocycles. The lowest BCUT2D eigenvalue weighted by molar-refractivity contribution is 0.396. The van der Waals surface area contributed by atoms with E-state index in [1.807, 2.05) is 54.6 Å². The molecule has 0 fully saturated rings. The lowest BCUT2D eigenvalue weighted by atomic mass is 9.94. The van der Waals surface area contributed by atoms with Gasteiger partial charge in [0.1, 0.15) is 5.75 Å². The molecule has 2 heterocycles.